The quantitative estimate of drug-likeness (QED) is 0.138. The number of aliphatic imine (C=N–C) groups is 1. The van der Waals surface area contributed by atoms with Gasteiger partial charge in [-0.05, 0) is 71.4 Å². The summed E-state index contributed by atoms with van der Waals surface area (Å²) in [5.74, 6) is 1.73. The lowest BCUT2D eigenvalue weighted by molar-refractivity contribution is -0.728. The summed E-state index contributed by atoms with van der Waals surface area (Å²) < 4.78 is 10.8. The monoisotopic (exact) mass is 1470 g/mol. The van der Waals surface area contributed by atoms with Crippen LogP contribution in [-0.2, 0) is 18.9 Å². The number of rotatable bonds is 0. The van der Waals surface area contributed by atoms with Crippen molar-refractivity contribution in [3.8, 4) is 0 Å². The molecule has 0 spiro atoms. The molecule has 10 aromatic rings. The van der Waals surface area contributed by atoms with Crippen molar-refractivity contribution in [2.75, 3.05) is 0 Å². The van der Waals surface area contributed by atoms with Crippen molar-refractivity contribution in [1.29, 1.82) is 0 Å². The smallest absolute Gasteiger partial charge is 0.306 e. The zero-order valence-corrected chi connectivity index (χ0v) is 73.6. The largest absolute Gasteiger partial charge is 0.321 e. The van der Waals surface area contributed by atoms with Crippen molar-refractivity contribution < 1.29 is 9.48 Å². The number of aromatic nitrogens is 23. The van der Waals surface area contributed by atoms with E-state index in [0.717, 1.165) is 11.6 Å². The number of nitrogens with one attached hydrogen (secondary N) is 1. The molecule has 0 radical (unpaired) electrons. The number of allylic oxidation sites excluding steroid dienone is 1. The molecule has 0 unspecified atom stereocenters. The molecule has 0 bridgehead atoms. The average Bonchev–Trinajstić information content (AvgIpc) is 1.97. The minimum atomic E-state index is -0.157. The van der Waals surface area contributed by atoms with Crippen LogP contribution in [0.1, 0.15) is 261 Å². The van der Waals surface area contributed by atoms with Gasteiger partial charge in [0.05, 0.1) is 12.4 Å². The molecule has 11 heterocycles. The first-order chi connectivity index (χ1) is 50.5. The number of hydrogen-bond acceptors (Lipinski definition) is 23. The maximum absolute atomic E-state index is 9.96. The zero-order chi connectivity index (χ0) is 83.5. The molecule has 10 aromatic heterocycles. The van der Waals surface area contributed by atoms with E-state index in [9.17, 15) is 4.79 Å². The van der Waals surface area contributed by atoms with Gasteiger partial charge in [0, 0.05) is 99.8 Å². The van der Waals surface area contributed by atoms with E-state index in [2.05, 4.69) is 109 Å². The molecule has 11 rings (SSSR count). The van der Waals surface area contributed by atoms with Crippen LogP contribution in [0.5, 0.6) is 0 Å². The van der Waals surface area contributed by atoms with Crippen LogP contribution in [0.4, 0.5) is 0 Å². The minimum Gasteiger partial charge on any atom is -0.321 e. The second kappa shape index (κ2) is 198. The van der Waals surface area contributed by atoms with E-state index in [-0.39, 0.29) is 5.91 Å². The summed E-state index contributed by atoms with van der Waals surface area (Å²) in [6, 6.07) is 11.1. The van der Waals surface area contributed by atoms with E-state index in [1.807, 2.05) is 317 Å². The first-order valence-electron chi connectivity index (χ1n) is 36.4. The van der Waals surface area contributed by atoms with Crippen molar-refractivity contribution in [1.82, 2.24) is 109 Å². The van der Waals surface area contributed by atoms with E-state index < -0.39 is 0 Å². The van der Waals surface area contributed by atoms with Gasteiger partial charge in [0.25, 0.3) is 5.91 Å². The standard InChI is InChI=1S/C5H5N.2C4H7N3.3C4H4N2.C4H3NO.2C3H3N3.2C2H2N2S.18C2H6/c1-2-4-6-5-3-1;1-4-6-5-3-7(4)2;1-4-5-3-7(2)6-4;1-2-6-4-3-5-1;1-2-5-4-6-3-1;1-2-4-6-5-3-1;6-4-2-1-3-5-4;1-4-2-6-3-5-1;1-2-5-6-3-4-1;1-3-2-5-4-1;1-2-5-4-3-1;18*1-2/h1-5H;2*3H,1-2H3;3*1-4H;3*1-3H;2*1-2H;18*1-2H3/p+1. The highest BCUT2D eigenvalue weighted by molar-refractivity contribution is 7.03. The molecule has 0 aliphatic carbocycles. The number of pyridine rings is 1. The highest BCUT2D eigenvalue weighted by Crippen LogP contribution is 1.84. The van der Waals surface area contributed by atoms with Crippen molar-refractivity contribution in [3.63, 3.8) is 0 Å². The van der Waals surface area contributed by atoms with Crippen molar-refractivity contribution in [2.24, 2.45) is 19.1 Å². The lowest BCUT2D eigenvalue weighted by atomic mass is 10.5. The number of H-pyrrole nitrogens is 1. The van der Waals surface area contributed by atoms with Crippen LogP contribution in [0.25, 0.3) is 0 Å². The number of amides is 1. The fourth-order valence-corrected chi connectivity index (χ4v) is 3.41. The zero-order valence-electron chi connectivity index (χ0n) is 72.0. The molecule has 0 aromatic carbocycles. The van der Waals surface area contributed by atoms with Gasteiger partial charge in [-0.15, -0.1) is 20.4 Å². The van der Waals surface area contributed by atoms with Gasteiger partial charge < -0.3 is 4.57 Å². The third kappa shape index (κ3) is 186. The van der Waals surface area contributed by atoms with Gasteiger partial charge in [0.1, 0.15) is 62.7 Å². The summed E-state index contributed by atoms with van der Waals surface area (Å²) in [5.41, 5.74) is 1.68. The molecule has 590 valence electrons. The van der Waals surface area contributed by atoms with E-state index in [1.54, 1.807) is 109 Å². The molecule has 1 aliphatic rings. The summed E-state index contributed by atoms with van der Waals surface area (Å²) in [5, 5.41) is 29.6. The molecule has 0 fully saturated rings. The second-order valence-corrected chi connectivity index (χ2v) is 11.8. The highest BCUT2D eigenvalue weighted by atomic mass is 32.1. The SMILES string of the molecule is CC.CC.CC.CC.CC.CC.CC.CC.CC.CC.CC.CC.CC.CC.CC.CC.CC.CC.Cc1nc[n+](C)[nH]1.Cc1nncn1C.O=C1C=CC=N1.c1ccncc1.c1ccnnc1.c1cnccn1.c1cncnc1.c1cnncn1.c1csnn1.c1ncncn1.c1ncsn1. The number of nitrogens with zero attached hydrogens (tertiary/aromatic N) is 23. The first-order valence-corrected chi connectivity index (χ1v) is 38.1. The van der Waals surface area contributed by atoms with Crippen molar-refractivity contribution >= 4 is 35.2 Å². The Morgan fingerprint density at radius 3 is 0.863 bits per heavy atom. The van der Waals surface area contributed by atoms with Gasteiger partial charge in [0.15, 0.2) is 0 Å². The van der Waals surface area contributed by atoms with Crippen LogP contribution in [0.2, 0.25) is 0 Å². The lowest BCUT2D eigenvalue weighted by Crippen LogP contribution is -2.28. The van der Waals surface area contributed by atoms with E-state index in [1.165, 1.54) is 79.5 Å². The second-order valence-electron chi connectivity index (χ2n) is 10.5. The molecule has 0 saturated heterocycles. The Kier molecular flexibility index (Phi) is 272. The van der Waals surface area contributed by atoms with Crippen LogP contribution in [0.3, 0.4) is 0 Å². The third-order valence-electron chi connectivity index (χ3n) is 5.60. The molecule has 1 N–H and O–H groups in total. The van der Waals surface area contributed by atoms with Gasteiger partial charge in [-0.25, -0.2) is 39.9 Å². The molecule has 1 amide bonds. The Hall–Kier alpha value is -9.11. The van der Waals surface area contributed by atoms with Crippen molar-refractivity contribution in [3.05, 3.63) is 202 Å². The van der Waals surface area contributed by atoms with Crippen molar-refractivity contribution in [2.45, 2.75) is 263 Å². The summed E-state index contributed by atoms with van der Waals surface area (Å²) in [7, 11) is 3.81. The molecular weight excluding hydrogens is 1320 g/mol. The number of hydrogen-bond donors (Lipinski definition) is 1. The number of carbonyl (C=O) groups excluding carboxylic acids is 1. The van der Waals surface area contributed by atoms with Gasteiger partial charge >= 0.3 is 6.33 Å². The molecule has 102 heavy (non-hydrogen) atoms. The summed E-state index contributed by atoms with van der Waals surface area (Å²) in [4.78, 5) is 53.7. The van der Waals surface area contributed by atoms with Crippen LogP contribution in [0.15, 0.2) is 196 Å². The molecular formula is C75H153N24OS2+. The topological polar surface area (TPSA) is 312 Å². The molecule has 25 nitrogen and oxygen atoms in total. The maximum atomic E-state index is 9.96. The Balaban J connectivity index is -0.0000000456. The molecule has 0 atom stereocenters. The summed E-state index contributed by atoms with van der Waals surface area (Å²) in [6.07, 6.45) is 38.1. The van der Waals surface area contributed by atoms with Crippen LogP contribution in [0, 0.1) is 13.8 Å². The highest BCUT2D eigenvalue weighted by Gasteiger charge is 1.93. The number of aryl methyl sites for hydroxylation is 4. The third-order valence-corrected chi connectivity index (χ3v) is 6.47. The Bertz CT molecular complexity index is 1950. The lowest BCUT2D eigenvalue weighted by Gasteiger charge is -1.84. The van der Waals surface area contributed by atoms with Gasteiger partial charge in [-0.1, -0.05) is 260 Å². The number of carbonyl (C=O) groups is 1. The molecule has 27 heteroatoms. The molecule has 0 saturated carbocycles. The fraction of sp³-hybridized carbons (Fsp3) is 0.533. The van der Waals surface area contributed by atoms with E-state index >= 15 is 0 Å². The van der Waals surface area contributed by atoms with Crippen LogP contribution >= 0.6 is 23.1 Å². The van der Waals surface area contributed by atoms with Gasteiger partial charge in [-0.2, -0.15) is 29.5 Å². The van der Waals surface area contributed by atoms with Crippen LogP contribution < -0.4 is 4.68 Å². The molecule has 1 aliphatic heterocycles. The maximum Gasteiger partial charge on any atom is 0.306 e. The summed E-state index contributed by atoms with van der Waals surface area (Å²) >= 11 is 2.70. The average molecular weight is 1470 g/mol. The Morgan fingerprint density at radius 2 is 0.755 bits per heavy atom. The Labute approximate surface area is 634 Å². The van der Waals surface area contributed by atoms with Gasteiger partial charge in [-0.3, -0.25) is 19.7 Å². The van der Waals surface area contributed by atoms with E-state index in [4.69, 9.17) is 0 Å². The minimum absolute atomic E-state index is 0.157. The Morgan fingerprint density at radius 1 is 0.373 bits per heavy atom. The first kappa shape index (κ1) is 140. The van der Waals surface area contributed by atoms with E-state index in [0.29, 0.717) is 0 Å². The summed E-state index contributed by atoms with van der Waals surface area (Å²) in [6.45, 7) is 75.8. The number of aromatic amines is 1. The van der Waals surface area contributed by atoms with Gasteiger partial charge in [0.2, 0.25) is 5.82 Å². The fourth-order valence-electron chi connectivity index (χ4n) is 2.87. The predicted octanol–water partition coefficient (Wildman–Crippen LogP) is 21.6. The normalized spacial score (nSPS) is 6.96. The van der Waals surface area contributed by atoms with Crippen LogP contribution in [-0.4, -0.2) is 121 Å². The predicted molar refractivity (Wildman–Crippen MR) is 447 cm³/mol.